The molecule has 7 heteroatoms. The summed E-state index contributed by atoms with van der Waals surface area (Å²) in [5.74, 6) is -0.775. The maximum Gasteiger partial charge on any atom is 0.387 e. The summed E-state index contributed by atoms with van der Waals surface area (Å²) in [6, 6.07) is 12.8. The number of para-hydroxylation sites is 2. The third-order valence-corrected chi connectivity index (χ3v) is 3.02. The molecule has 0 aromatic heterocycles. The fraction of sp³-hybridized carbons (Fsp3) is 0.111. The second-order valence-electron chi connectivity index (χ2n) is 5.00. The van der Waals surface area contributed by atoms with Crippen molar-refractivity contribution in [2.75, 3.05) is 10.6 Å². The number of amides is 2. The van der Waals surface area contributed by atoms with Crippen molar-refractivity contribution in [2.24, 2.45) is 0 Å². The summed E-state index contributed by atoms with van der Waals surface area (Å²) in [7, 11) is 0. The first-order chi connectivity index (χ1) is 11.9. The number of ether oxygens (including phenoxy) is 1. The Hall–Kier alpha value is -3.22. The zero-order valence-corrected chi connectivity index (χ0v) is 13.3. The number of nitrogens with one attached hydrogen (secondary N) is 2. The van der Waals surface area contributed by atoms with Crippen molar-refractivity contribution >= 4 is 29.3 Å². The number of carbonyl (C=O) groups is 2. The molecule has 0 aliphatic heterocycles. The van der Waals surface area contributed by atoms with Crippen LogP contribution in [-0.2, 0) is 9.59 Å². The van der Waals surface area contributed by atoms with E-state index in [-0.39, 0.29) is 17.3 Å². The lowest BCUT2D eigenvalue weighted by Gasteiger charge is -2.10. The molecule has 25 heavy (non-hydrogen) atoms. The SMILES string of the molecule is CC(=O)Nc1ccc(/C=C/C(=O)Nc2ccccc2OC(F)F)cc1. The molecule has 0 aliphatic rings. The van der Waals surface area contributed by atoms with Crippen LogP contribution < -0.4 is 15.4 Å². The van der Waals surface area contributed by atoms with Gasteiger partial charge < -0.3 is 15.4 Å². The van der Waals surface area contributed by atoms with Crippen LogP contribution in [0.4, 0.5) is 20.2 Å². The van der Waals surface area contributed by atoms with Crippen LogP contribution in [0, 0.1) is 0 Å². The van der Waals surface area contributed by atoms with Crippen molar-refractivity contribution in [1.29, 1.82) is 0 Å². The molecule has 2 aromatic carbocycles. The van der Waals surface area contributed by atoms with Gasteiger partial charge in [0, 0.05) is 18.7 Å². The predicted octanol–water partition coefficient (Wildman–Crippen LogP) is 3.90. The second-order valence-corrected chi connectivity index (χ2v) is 5.00. The predicted molar refractivity (Wildman–Crippen MR) is 91.5 cm³/mol. The van der Waals surface area contributed by atoms with E-state index in [9.17, 15) is 18.4 Å². The largest absolute Gasteiger partial charge is 0.433 e. The van der Waals surface area contributed by atoms with Gasteiger partial charge in [0.05, 0.1) is 5.69 Å². The molecule has 0 bridgehead atoms. The summed E-state index contributed by atoms with van der Waals surface area (Å²) >= 11 is 0. The van der Waals surface area contributed by atoms with Crippen molar-refractivity contribution in [3.8, 4) is 5.75 Å². The molecule has 0 atom stereocenters. The van der Waals surface area contributed by atoms with Gasteiger partial charge in [0.2, 0.25) is 11.8 Å². The van der Waals surface area contributed by atoms with E-state index in [2.05, 4.69) is 15.4 Å². The molecule has 2 amide bonds. The van der Waals surface area contributed by atoms with Gasteiger partial charge >= 0.3 is 6.61 Å². The summed E-state index contributed by atoms with van der Waals surface area (Å²) in [6.07, 6.45) is 2.83. The fourth-order valence-electron chi connectivity index (χ4n) is 2.00. The molecule has 2 rings (SSSR count). The average Bonchev–Trinajstić information content (AvgIpc) is 2.55. The highest BCUT2D eigenvalue weighted by molar-refractivity contribution is 6.02. The van der Waals surface area contributed by atoms with Gasteiger partial charge in [-0.15, -0.1) is 0 Å². The zero-order valence-electron chi connectivity index (χ0n) is 13.3. The van der Waals surface area contributed by atoms with E-state index in [0.717, 1.165) is 5.56 Å². The normalized spacial score (nSPS) is 10.7. The standard InChI is InChI=1S/C18H16F2N2O3/c1-12(23)21-14-9-6-13(7-10-14)8-11-17(24)22-15-4-2-3-5-16(15)25-18(19)20/h2-11,18H,1H3,(H,21,23)(H,22,24)/b11-8+. The first kappa shape index (κ1) is 18.1. The summed E-state index contributed by atoms with van der Waals surface area (Å²) in [5, 5.41) is 5.12. The van der Waals surface area contributed by atoms with E-state index in [0.29, 0.717) is 5.69 Å². The summed E-state index contributed by atoms with van der Waals surface area (Å²) in [5.41, 5.74) is 1.53. The van der Waals surface area contributed by atoms with E-state index in [1.165, 1.54) is 31.2 Å². The Labute approximate surface area is 143 Å². The minimum absolute atomic E-state index is 0.112. The Bertz CT molecular complexity index is 774. The molecule has 0 spiro atoms. The van der Waals surface area contributed by atoms with Crippen LogP contribution in [0.2, 0.25) is 0 Å². The van der Waals surface area contributed by atoms with Crippen molar-refractivity contribution in [3.05, 3.63) is 60.2 Å². The van der Waals surface area contributed by atoms with Crippen LogP contribution in [0.15, 0.2) is 54.6 Å². The molecule has 0 saturated heterocycles. The van der Waals surface area contributed by atoms with Crippen LogP contribution in [0.1, 0.15) is 12.5 Å². The molecule has 0 heterocycles. The number of hydrogen-bond acceptors (Lipinski definition) is 3. The Morgan fingerprint density at radius 1 is 1.04 bits per heavy atom. The van der Waals surface area contributed by atoms with Gasteiger partial charge in [-0.1, -0.05) is 24.3 Å². The average molecular weight is 346 g/mol. The van der Waals surface area contributed by atoms with Crippen molar-refractivity contribution in [1.82, 2.24) is 0 Å². The number of rotatable bonds is 6. The minimum Gasteiger partial charge on any atom is -0.433 e. The van der Waals surface area contributed by atoms with E-state index in [1.54, 1.807) is 36.4 Å². The molecule has 0 fully saturated rings. The van der Waals surface area contributed by atoms with E-state index < -0.39 is 12.5 Å². The van der Waals surface area contributed by atoms with Crippen LogP contribution in [0.25, 0.3) is 6.08 Å². The molecule has 5 nitrogen and oxygen atoms in total. The Morgan fingerprint density at radius 3 is 2.36 bits per heavy atom. The molecule has 0 saturated carbocycles. The number of benzene rings is 2. The van der Waals surface area contributed by atoms with Crippen LogP contribution >= 0.6 is 0 Å². The van der Waals surface area contributed by atoms with E-state index in [4.69, 9.17) is 0 Å². The molecule has 2 aromatic rings. The maximum absolute atomic E-state index is 12.3. The lowest BCUT2D eigenvalue weighted by molar-refractivity contribution is -0.114. The molecule has 2 N–H and O–H groups in total. The van der Waals surface area contributed by atoms with Gasteiger partial charge in [-0.25, -0.2) is 0 Å². The number of halogens is 2. The quantitative estimate of drug-likeness (QED) is 0.780. The maximum atomic E-state index is 12.3. The molecule has 0 aliphatic carbocycles. The number of carbonyl (C=O) groups excluding carboxylic acids is 2. The first-order valence-corrected chi connectivity index (χ1v) is 7.34. The highest BCUT2D eigenvalue weighted by Gasteiger charge is 2.10. The van der Waals surface area contributed by atoms with Gasteiger partial charge in [0.1, 0.15) is 5.75 Å². The molecular weight excluding hydrogens is 330 g/mol. The van der Waals surface area contributed by atoms with E-state index in [1.807, 2.05) is 0 Å². The third kappa shape index (κ3) is 6.06. The Morgan fingerprint density at radius 2 is 1.72 bits per heavy atom. The van der Waals surface area contributed by atoms with Crippen LogP contribution in [0.3, 0.4) is 0 Å². The van der Waals surface area contributed by atoms with E-state index >= 15 is 0 Å². The first-order valence-electron chi connectivity index (χ1n) is 7.34. The minimum atomic E-state index is -2.98. The summed E-state index contributed by atoms with van der Waals surface area (Å²) in [4.78, 5) is 22.9. The Balaban J connectivity index is 2.00. The van der Waals surface area contributed by atoms with Gasteiger partial charge in [0.15, 0.2) is 0 Å². The van der Waals surface area contributed by atoms with Crippen LogP contribution in [0.5, 0.6) is 5.75 Å². The monoisotopic (exact) mass is 346 g/mol. The summed E-state index contributed by atoms with van der Waals surface area (Å²) < 4.78 is 29.0. The third-order valence-electron chi connectivity index (χ3n) is 3.02. The Kier molecular flexibility index (Phi) is 6.22. The van der Waals surface area contributed by atoms with Gasteiger partial charge in [-0.05, 0) is 35.9 Å². The fourth-order valence-corrected chi connectivity index (χ4v) is 2.00. The topological polar surface area (TPSA) is 67.4 Å². The second kappa shape index (κ2) is 8.58. The van der Waals surface area contributed by atoms with Crippen molar-refractivity contribution in [2.45, 2.75) is 13.5 Å². The molecule has 0 radical (unpaired) electrons. The van der Waals surface area contributed by atoms with Crippen molar-refractivity contribution in [3.63, 3.8) is 0 Å². The highest BCUT2D eigenvalue weighted by atomic mass is 19.3. The summed E-state index contributed by atoms with van der Waals surface area (Å²) in [6.45, 7) is -1.57. The number of hydrogen-bond donors (Lipinski definition) is 2. The van der Waals surface area contributed by atoms with Gasteiger partial charge in [-0.3, -0.25) is 9.59 Å². The lowest BCUT2D eigenvalue weighted by Crippen LogP contribution is -2.11. The smallest absolute Gasteiger partial charge is 0.387 e. The molecule has 0 unspecified atom stereocenters. The number of alkyl halides is 2. The zero-order chi connectivity index (χ0) is 18.2. The van der Waals surface area contributed by atoms with Crippen molar-refractivity contribution < 1.29 is 23.1 Å². The lowest BCUT2D eigenvalue weighted by atomic mass is 10.2. The number of anilines is 2. The van der Waals surface area contributed by atoms with Crippen LogP contribution in [-0.4, -0.2) is 18.4 Å². The molecule has 130 valence electrons. The molecular formula is C18H16F2N2O3. The van der Waals surface area contributed by atoms with Gasteiger partial charge in [-0.2, -0.15) is 8.78 Å². The van der Waals surface area contributed by atoms with Gasteiger partial charge in [0.25, 0.3) is 0 Å². The highest BCUT2D eigenvalue weighted by Crippen LogP contribution is 2.25.